The smallest absolute Gasteiger partial charge is 0.274 e. The van der Waals surface area contributed by atoms with Crippen molar-refractivity contribution in [3.05, 3.63) is 42.2 Å². The van der Waals surface area contributed by atoms with Crippen molar-refractivity contribution in [2.45, 2.75) is 19.8 Å². The largest absolute Gasteiger partial charge is 0.493 e. The fourth-order valence-corrected chi connectivity index (χ4v) is 3.24. The zero-order chi connectivity index (χ0) is 18.5. The van der Waals surface area contributed by atoms with Gasteiger partial charge in [0, 0.05) is 24.8 Å². The van der Waals surface area contributed by atoms with Crippen LogP contribution in [0, 0.1) is 5.92 Å². The van der Waals surface area contributed by atoms with Crippen LogP contribution in [-0.4, -0.2) is 38.2 Å². The lowest BCUT2D eigenvalue weighted by molar-refractivity contribution is 0.102. The van der Waals surface area contributed by atoms with Crippen LogP contribution >= 0.6 is 0 Å². The molecule has 1 saturated heterocycles. The molecule has 2 aromatic rings. The summed E-state index contributed by atoms with van der Waals surface area (Å²) in [6, 6.07) is 8.98. The maximum Gasteiger partial charge on any atom is 0.274 e. The Hall–Kier alpha value is -2.76. The quantitative estimate of drug-likeness (QED) is 0.888. The summed E-state index contributed by atoms with van der Waals surface area (Å²) in [6.07, 6.45) is 4.25. The molecule has 1 N–H and O–H groups in total. The Labute approximate surface area is 154 Å². The molecule has 1 aromatic heterocycles. The van der Waals surface area contributed by atoms with Crippen LogP contribution in [-0.2, 0) is 0 Å². The Balaban J connectivity index is 1.68. The van der Waals surface area contributed by atoms with E-state index in [-0.39, 0.29) is 5.91 Å². The first-order valence-corrected chi connectivity index (χ1v) is 8.85. The summed E-state index contributed by atoms with van der Waals surface area (Å²) in [6.45, 7) is 4.35. The minimum atomic E-state index is -0.254. The van der Waals surface area contributed by atoms with Crippen molar-refractivity contribution in [1.82, 2.24) is 4.98 Å². The van der Waals surface area contributed by atoms with E-state index in [1.165, 1.54) is 12.8 Å². The van der Waals surface area contributed by atoms with E-state index in [4.69, 9.17) is 9.47 Å². The van der Waals surface area contributed by atoms with Crippen LogP contribution < -0.4 is 19.7 Å². The van der Waals surface area contributed by atoms with Gasteiger partial charge in [-0.25, -0.2) is 4.98 Å². The van der Waals surface area contributed by atoms with Crippen LogP contribution in [0.25, 0.3) is 0 Å². The van der Waals surface area contributed by atoms with Gasteiger partial charge < -0.3 is 19.7 Å². The lowest BCUT2D eigenvalue weighted by Crippen LogP contribution is -2.34. The molecule has 0 radical (unpaired) electrons. The molecule has 0 saturated carbocycles. The van der Waals surface area contributed by atoms with E-state index in [9.17, 15) is 4.79 Å². The Bertz CT molecular complexity index is 761. The third-order valence-electron chi connectivity index (χ3n) is 4.64. The van der Waals surface area contributed by atoms with E-state index in [1.807, 2.05) is 6.07 Å². The number of pyridine rings is 1. The van der Waals surface area contributed by atoms with Crippen LogP contribution in [0.15, 0.2) is 36.5 Å². The van der Waals surface area contributed by atoms with E-state index >= 15 is 0 Å². The monoisotopic (exact) mass is 355 g/mol. The molecule has 6 nitrogen and oxygen atoms in total. The van der Waals surface area contributed by atoms with E-state index in [0.29, 0.717) is 28.8 Å². The van der Waals surface area contributed by atoms with Gasteiger partial charge in [0.05, 0.1) is 26.1 Å². The first-order valence-electron chi connectivity index (χ1n) is 8.85. The second kappa shape index (κ2) is 8.08. The third-order valence-corrected chi connectivity index (χ3v) is 4.64. The minimum absolute atomic E-state index is 0.254. The van der Waals surface area contributed by atoms with Gasteiger partial charge in [-0.3, -0.25) is 4.79 Å². The summed E-state index contributed by atoms with van der Waals surface area (Å²) in [7, 11) is 3.13. The molecule has 3 rings (SSSR count). The summed E-state index contributed by atoms with van der Waals surface area (Å²) < 4.78 is 10.5. The molecule has 2 heterocycles. The number of hydrogen-bond acceptors (Lipinski definition) is 5. The van der Waals surface area contributed by atoms with Gasteiger partial charge in [0.1, 0.15) is 5.69 Å². The number of ether oxygens (including phenoxy) is 2. The predicted molar refractivity (Wildman–Crippen MR) is 102 cm³/mol. The Morgan fingerprint density at radius 3 is 2.65 bits per heavy atom. The van der Waals surface area contributed by atoms with Gasteiger partial charge in [0.2, 0.25) is 0 Å². The number of amides is 1. The van der Waals surface area contributed by atoms with Gasteiger partial charge in [0.15, 0.2) is 11.5 Å². The lowest BCUT2D eigenvalue weighted by Gasteiger charge is -2.32. The lowest BCUT2D eigenvalue weighted by atomic mass is 10.00. The molecule has 1 amide bonds. The molecule has 1 unspecified atom stereocenters. The fraction of sp³-hybridized carbons (Fsp3) is 0.400. The van der Waals surface area contributed by atoms with Crippen LogP contribution in [0.5, 0.6) is 11.5 Å². The highest BCUT2D eigenvalue weighted by Gasteiger charge is 2.17. The van der Waals surface area contributed by atoms with Crippen LogP contribution in [0.3, 0.4) is 0 Å². The number of aromatic nitrogens is 1. The molecule has 0 spiro atoms. The fourth-order valence-electron chi connectivity index (χ4n) is 3.24. The van der Waals surface area contributed by atoms with E-state index in [0.717, 1.165) is 18.8 Å². The molecular weight excluding hydrogens is 330 g/mol. The predicted octanol–water partition coefficient (Wildman–Crippen LogP) is 3.59. The minimum Gasteiger partial charge on any atom is -0.493 e. The topological polar surface area (TPSA) is 63.7 Å². The van der Waals surface area contributed by atoms with Crippen LogP contribution in [0.1, 0.15) is 30.3 Å². The number of carbonyl (C=O) groups is 1. The SMILES string of the molecule is COc1ccc(NC(=O)c2ccc(N3CCCC(C)C3)cn2)cc1OC. The van der Waals surface area contributed by atoms with E-state index in [2.05, 4.69) is 22.1 Å². The van der Waals surface area contributed by atoms with Crippen molar-refractivity contribution in [2.24, 2.45) is 5.92 Å². The second-order valence-electron chi connectivity index (χ2n) is 6.62. The van der Waals surface area contributed by atoms with Crippen molar-refractivity contribution in [1.29, 1.82) is 0 Å². The molecule has 1 aromatic carbocycles. The second-order valence-corrected chi connectivity index (χ2v) is 6.62. The average molecular weight is 355 g/mol. The molecule has 6 heteroatoms. The van der Waals surface area contributed by atoms with Crippen molar-refractivity contribution < 1.29 is 14.3 Å². The third kappa shape index (κ3) is 4.07. The summed E-state index contributed by atoms with van der Waals surface area (Å²) in [5.74, 6) is 1.61. The summed E-state index contributed by atoms with van der Waals surface area (Å²) in [4.78, 5) is 19.1. The molecule has 0 bridgehead atoms. The highest BCUT2D eigenvalue weighted by molar-refractivity contribution is 6.03. The highest BCUT2D eigenvalue weighted by atomic mass is 16.5. The molecular formula is C20H25N3O3. The molecule has 1 fully saturated rings. The first-order chi connectivity index (χ1) is 12.6. The Morgan fingerprint density at radius 1 is 1.19 bits per heavy atom. The van der Waals surface area contributed by atoms with Crippen molar-refractivity contribution >= 4 is 17.3 Å². The summed E-state index contributed by atoms with van der Waals surface area (Å²) in [5.41, 5.74) is 2.08. The Morgan fingerprint density at radius 2 is 2.00 bits per heavy atom. The number of benzene rings is 1. The van der Waals surface area contributed by atoms with Gasteiger partial charge >= 0.3 is 0 Å². The standard InChI is InChI=1S/C20H25N3O3/c1-14-5-4-10-23(13-14)16-7-8-17(21-12-16)20(24)22-15-6-9-18(25-2)19(11-15)26-3/h6-9,11-12,14H,4-5,10,13H2,1-3H3,(H,22,24). The van der Waals surface area contributed by atoms with Gasteiger partial charge in [-0.2, -0.15) is 0 Å². The van der Waals surface area contributed by atoms with Gasteiger partial charge in [-0.05, 0) is 43.0 Å². The molecule has 1 atom stereocenters. The van der Waals surface area contributed by atoms with Crippen LogP contribution in [0.4, 0.5) is 11.4 Å². The number of hydrogen-bond donors (Lipinski definition) is 1. The van der Waals surface area contributed by atoms with E-state index in [1.54, 1.807) is 44.7 Å². The molecule has 1 aliphatic rings. The summed E-state index contributed by atoms with van der Waals surface area (Å²) >= 11 is 0. The van der Waals surface area contributed by atoms with Crippen molar-refractivity contribution in [3.63, 3.8) is 0 Å². The van der Waals surface area contributed by atoms with Gasteiger partial charge in [-0.1, -0.05) is 6.92 Å². The van der Waals surface area contributed by atoms with Gasteiger partial charge in [0.25, 0.3) is 5.91 Å². The van der Waals surface area contributed by atoms with E-state index < -0.39 is 0 Å². The number of nitrogens with zero attached hydrogens (tertiary/aromatic N) is 2. The number of carbonyl (C=O) groups excluding carboxylic acids is 1. The molecule has 26 heavy (non-hydrogen) atoms. The maximum atomic E-state index is 12.4. The average Bonchev–Trinajstić information content (AvgIpc) is 2.68. The van der Waals surface area contributed by atoms with Gasteiger partial charge in [-0.15, -0.1) is 0 Å². The number of nitrogens with one attached hydrogen (secondary N) is 1. The zero-order valence-corrected chi connectivity index (χ0v) is 15.5. The van der Waals surface area contributed by atoms with Crippen LogP contribution in [0.2, 0.25) is 0 Å². The molecule has 138 valence electrons. The molecule has 0 aliphatic carbocycles. The highest BCUT2D eigenvalue weighted by Crippen LogP contribution is 2.30. The zero-order valence-electron chi connectivity index (χ0n) is 15.5. The Kier molecular flexibility index (Phi) is 5.61. The van der Waals surface area contributed by atoms with Crippen molar-refractivity contribution in [3.8, 4) is 11.5 Å². The number of piperidine rings is 1. The maximum absolute atomic E-state index is 12.4. The normalized spacial score (nSPS) is 16.9. The number of anilines is 2. The number of methoxy groups -OCH3 is 2. The van der Waals surface area contributed by atoms with Crippen molar-refractivity contribution in [2.75, 3.05) is 37.5 Å². The number of rotatable bonds is 5. The molecule has 1 aliphatic heterocycles. The first kappa shape index (κ1) is 18.0. The summed E-state index contributed by atoms with van der Waals surface area (Å²) in [5, 5.41) is 2.84.